The minimum atomic E-state index is 0.651. The van der Waals surface area contributed by atoms with Crippen LogP contribution in [0.15, 0.2) is 57.1 Å². The second-order valence-corrected chi connectivity index (χ2v) is 6.45. The number of rotatable bonds is 4. The number of pyridine rings is 1. The van der Waals surface area contributed by atoms with Crippen LogP contribution in [0.2, 0.25) is 0 Å². The zero-order valence-electron chi connectivity index (χ0n) is 10.4. The van der Waals surface area contributed by atoms with Crippen molar-refractivity contribution in [3.63, 3.8) is 0 Å². The van der Waals surface area contributed by atoms with Crippen LogP contribution in [-0.4, -0.2) is 11.5 Å². The lowest BCUT2D eigenvalue weighted by molar-refractivity contribution is 0.922. The second-order valence-electron chi connectivity index (χ2n) is 4.22. The highest BCUT2D eigenvalue weighted by molar-refractivity contribution is 8.01. The third kappa shape index (κ3) is 2.81. The molecule has 0 aliphatic rings. The van der Waals surface area contributed by atoms with E-state index in [-0.39, 0.29) is 0 Å². The summed E-state index contributed by atoms with van der Waals surface area (Å²) in [5.41, 5.74) is 7.99. The molecule has 0 bridgehead atoms. The standard InChI is InChI=1S/C15H14N2S2/c16-8-7-12-10-11-4-1-2-5-13(11)17-15(12)19-14-6-3-9-18-14/h1-6,9-10H,7-8,16H2. The first kappa shape index (κ1) is 12.7. The maximum Gasteiger partial charge on any atom is 0.106 e. The van der Waals surface area contributed by atoms with Crippen molar-refractivity contribution in [1.82, 2.24) is 4.98 Å². The smallest absolute Gasteiger partial charge is 0.106 e. The van der Waals surface area contributed by atoms with E-state index in [4.69, 9.17) is 10.7 Å². The molecule has 3 rings (SSSR count). The van der Waals surface area contributed by atoms with Crippen LogP contribution in [0.1, 0.15) is 5.56 Å². The predicted octanol–water partition coefficient (Wildman–Crippen LogP) is 3.95. The van der Waals surface area contributed by atoms with E-state index in [0.29, 0.717) is 6.54 Å². The third-order valence-corrected chi connectivity index (χ3v) is 4.95. The number of nitrogens with zero attached hydrogens (tertiary/aromatic N) is 1. The van der Waals surface area contributed by atoms with Crippen LogP contribution in [0.5, 0.6) is 0 Å². The van der Waals surface area contributed by atoms with Crippen LogP contribution in [0, 0.1) is 0 Å². The number of aromatic nitrogens is 1. The lowest BCUT2D eigenvalue weighted by Gasteiger charge is -2.08. The molecular weight excluding hydrogens is 272 g/mol. The van der Waals surface area contributed by atoms with E-state index in [9.17, 15) is 0 Å². The van der Waals surface area contributed by atoms with Gasteiger partial charge in [0.25, 0.3) is 0 Å². The molecule has 2 N–H and O–H groups in total. The number of hydrogen-bond donors (Lipinski definition) is 1. The number of fused-ring (bicyclic) bond motifs is 1. The van der Waals surface area contributed by atoms with Gasteiger partial charge in [-0.2, -0.15) is 0 Å². The van der Waals surface area contributed by atoms with Crippen molar-refractivity contribution < 1.29 is 0 Å². The summed E-state index contributed by atoms with van der Waals surface area (Å²) in [6.45, 7) is 0.651. The molecule has 0 saturated heterocycles. The number of nitrogens with two attached hydrogens (primary N) is 1. The van der Waals surface area contributed by atoms with Crippen LogP contribution in [0.3, 0.4) is 0 Å². The van der Waals surface area contributed by atoms with Crippen LogP contribution in [0.25, 0.3) is 10.9 Å². The normalized spacial score (nSPS) is 11.0. The molecule has 96 valence electrons. The van der Waals surface area contributed by atoms with Gasteiger partial charge in [0.05, 0.1) is 9.73 Å². The molecule has 2 aromatic heterocycles. The van der Waals surface area contributed by atoms with Gasteiger partial charge in [-0.1, -0.05) is 36.0 Å². The van der Waals surface area contributed by atoms with Gasteiger partial charge in [0.1, 0.15) is 5.03 Å². The quantitative estimate of drug-likeness (QED) is 0.789. The van der Waals surface area contributed by atoms with Gasteiger partial charge in [-0.15, -0.1) is 11.3 Å². The Morgan fingerprint density at radius 1 is 1.16 bits per heavy atom. The number of benzene rings is 1. The lowest BCUT2D eigenvalue weighted by atomic mass is 10.1. The minimum Gasteiger partial charge on any atom is -0.330 e. The van der Waals surface area contributed by atoms with Gasteiger partial charge in [-0.25, -0.2) is 4.98 Å². The molecule has 0 aliphatic heterocycles. The Morgan fingerprint density at radius 2 is 2.05 bits per heavy atom. The molecule has 0 fully saturated rings. The molecular formula is C15H14N2S2. The van der Waals surface area contributed by atoms with E-state index in [0.717, 1.165) is 17.0 Å². The van der Waals surface area contributed by atoms with Crippen LogP contribution >= 0.6 is 23.1 Å². The molecule has 0 radical (unpaired) electrons. The van der Waals surface area contributed by atoms with Crippen molar-refractivity contribution in [1.29, 1.82) is 0 Å². The summed E-state index contributed by atoms with van der Waals surface area (Å²) in [7, 11) is 0. The van der Waals surface area contributed by atoms with Gasteiger partial charge < -0.3 is 5.73 Å². The van der Waals surface area contributed by atoms with Crippen LogP contribution < -0.4 is 5.73 Å². The highest BCUT2D eigenvalue weighted by Gasteiger charge is 2.08. The topological polar surface area (TPSA) is 38.9 Å². The van der Waals surface area contributed by atoms with E-state index < -0.39 is 0 Å². The minimum absolute atomic E-state index is 0.651. The molecule has 0 atom stereocenters. The fraction of sp³-hybridized carbons (Fsp3) is 0.133. The Hall–Kier alpha value is -1.36. The second kappa shape index (κ2) is 5.74. The van der Waals surface area contributed by atoms with Gasteiger partial charge in [0.2, 0.25) is 0 Å². The van der Waals surface area contributed by atoms with Crippen molar-refractivity contribution in [3.8, 4) is 0 Å². The molecule has 0 spiro atoms. The predicted molar refractivity (Wildman–Crippen MR) is 82.9 cm³/mol. The monoisotopic (exact) mass is 286 g/mol. The summed E-state index contributed by atoms with van der Waals surface area (Å²) in [4.78, 5) is 4.78. The first-order valence-corrected chi connectivity index (χ1v) is 7.86. The summed E-state index contributed by atoms with van der Waals surface area (Å²) in [6, 6.07) is 14.6. The Labute approximate surface area is 120 Å². The van der Waals surface area contributed by atoms with Gasteiger partial charge in [-0.3, -0.25) is 0 Å². The first-order valence-electron chi connectivity index (χ1n) is 6.17. The van der Waals surface area contributed by atoms with E-state index in [1.807, 2.05) is 12.1 Å². The van der Waals surface area contributed by atoms with Crippen molar-refractivity contribution in [2.45, 2.75) is 15.7 Å². The van der Waals surface area contributed by atoms with E-state index >= 15 is 0 Å². The molecule has 0 aliphatic carbocycles. The third-order valence-electron chi connectivity index (χ3n) is 2.87. The Balaban J connectivity index is 2.06. The summed E-state index contributed by atoms with van der Waals surface area (Å²) in [5.74, 6) is 0. The SMILES string of the molecule is NCCc1cc2ccccc2nc1Sc1cccs1. The Morgan fingerprint density at radius 3 is 2.84 bits per heavy atom. The summed E-state index contributed by atoms with van der Waals surface area (Å²) >= 11 is 3.47. The fourth-order valence-electron chi connectivity index (χ4n) is 1.98. The summed E-state index contributed by atoms with van der Waals surface area (Å²) < 4.78 is 1.26. The van der Waals surface area contributed by atoms with Crippen LogP contribution in [0.4, 0.5) is 0 Å². The van der Waals surface area contributed by atoms with Crippen molar-refractivity contribution in [2.24, 2.45) is 5.73 Å². The van der Waals surface area contributed by atoms with Crippen molar-refractivity contribution in [3.05, 3.63) is 53.4 Å². The maximum absolute atomic E-state index is 5.71. The van der Waals surface area contributed by atoms with E-state index in [1.54, 1.807) is 23.1 Å². The van der Waals surface area contributed by atoms with Gasteiger partial charge in [0.15, 0.2) is 0 Å². The molecule has 0 amide bonds. The lowest BCUT2D eigenvalue weighted by Crippen LogP contribution is -2.04. The zero-order chi connectivity index (χ0) is 13.1. The zero-order valence-corrected chi connectivity index (χ0v) is 12.0. The van der Waals surface area contributed by atoms with Gasteiger partial charge in [-0.05, 0) is 42.1 Å². The number of hydrogen-bond acceptors (Lipinski definition) is 4. The highest BCUT2D eigenvalue weighted by atomic mass is 32.2. The molecule has 2 heterocycles. The molecule has 19 heavy (non-hydrogen) atoms. The fourth-order valence-corrected chi connectivity index (χ4v) is 3.80. The molecule has 4 heteroatoms. The highest BCUT2D eigenvalue weighted by Crippen LogP contribution is 2.33. The summed E-state index contributed by atoms with van der Waals surface area (Å²) in [5, 5.41) is 4.35. The number of para-hydroxylation sites is 1. The average molecular weight is 286 g/mol. The van der Waals surface area contributed by atoms with Crippen LogP contribution in [-0.2, 0) is 6.42 Å². The average Bonchev–Trinajstić information content (AvgIpc) is 2.93. The largest absolute Gasteiger partial charge is 0.330 e. The van der Waals surface area contributed by atoms with Gasteiger partial charge >= 0.3 is 0 Å². The Bertz CT molecular complexity index is 678. The maximum atomic E-state index is 5.71. The van der Waals surface area contributed by atoms with E-state index in [2.05, 4.69) is 35.7 Å². The number of thiophene rings is 1. The first-order chi connectivity index (χ1) is 9.36. The molecule has 0 unspecified atom stereocenters. The van der Waals surface area contributed by atoms with E-state index in [1.165, 1.54) is 15.2 Å². The molecule has 2 nitrogen and oxygen atoms in total. The van der Waals surface area contributed by atoms with Crippen molar-refractivity contribution >= 4 is 34.0 Å². The molecule has 3 aromatic rings. The van der Waals surface area contributed by atoms with Crippen molar-refractivity contribution in [2.75, 3.05) is 6.54 Å². The van der Waals surface area contributed by atoms with Gasteiger partial charge in [0, 0.05) is 5.39 Å². The summed E-state index contributed by atoms with van der Waals surface area (Å²) in [6.07, 6.45) is 0.867. The molecule has 1 aromatic carbocycles. The Kier molecular flexibility index (Phi) is 3.82. The molecule has 0 saturated carbocycles.